The van der Waals surface area contributed by atoms with Gasteiger partial charge >= 0.3 is 7.12 Å². The van der Waals surface area contributed by atoms with Crippen LogP contribution >= 0.6 is 0 Å². The van der Waals surface area contributed by atoms with E-state index in [0.717, 1.165) is 0 Å². The highest BCUT2D eigenvalue weighted by Crippen LogP contribution is 2.06. The monoisotopic (exact) mass is 209 g/mol. The molecular weight excluding hydrogens is 197 g/mol. The second kappa shape index (κ2) is 5.38. The van der Waals surface area contributed by atoms with Gasteiger partial charge in [-0.05, 0) is 17.6 Å². The van der Waals surface area contributed by atoms with Gasteiger partial charge in [0.1, 0.15) is 5.75 Å². The highest BCUT2D eigenvalue weighted by molar-refractivity contribution is 6.58. The fourth-order valence-corrected chi connectivity index (χ4v) is 0.957. The fraction of sp³-hybridized carbons (Fsp3) is 0.222. The number of amides is 1. The molecule has 0 radical (unpaired) electrons. The minimum Gasteiger partial charge on any atom is -0.484 e. The van der Waals surface area contributed by atoms with Crippen molar-refractivity contribution >= 4 is 18.5 Å². The summed E-state index contributed by atoms with van der Waals surface area (Å²) < 4.78 is 5.12. The van der Waals surface area contributed by atoms with Gasteiger partial charge in [-0.15, -0.1) is 0 Å². The third-order valence-electron chi connectivity index (χ3n) is 1.83. The summed E-state index contributed by atoms with van der Waals surface area (Å²) in [7, 11) is 0.0367. The Hall–Kier alpha value is -1.53. The molecule has 0 unspecified atom stereocenters. The van der Waals surface area contributed by atoms with E-state index in [9.17, 15) is 4.79 Å². The Labute approximate surface area is 87.8 Å². The molecule has 0 heterocycles. The van der Waals surface area contributed by atoms with Crippen molar-refractivity contribution in [3.8, 4) is 5.75 Å². The number of rotatable bonds is 4. The van der Waals surface area contributed by atoms with Gasteiger partial charge in [0.25, 0.3) is 5.91 Å². The first-order chi connectivity index (χ1) is 7.13. The van der Waals surface area contributed by atoms with Gasteiger partial charge in [0.05, 0.1) is 0 Å². The lowest BCUT2D eigenvalue weighted by molar-refractivity contribution is -0.122. The maximum absolute atomic E-state index is 10.8. The van der Waals surface area contributed by atoms with Gasteiger partial charge in [0.2, 0.25) is 0 Å². The SMILES string of the molecule is CNC(=O)COc1ccc(B(O)O)cc1. The minimum absolute atomic E-state index is 0.0580. The Kier molecular flexibility index (Phi) is 4.14. The smallest absolute Gasteiger partial charge is 0.484 e. The first-order valence-corrected chi connectivity index (χ1v) is 4.43. The summed E-state index contributed by atoms with van der Waals surface area (Å²) in [5.74, 6) is 0.282. The van der Waals surface area contributed by atoms with Crippen LogP contribution in [-0.2, 0) is 4.79 Å². The molecule has 6 heteroatoms. The molecule has 0 aliphatic heterocycles. The Morgan fingerprint density at radius 2 is 2.00 bits per heavy atom. The molecule has 0 aliphatic carbocycles. The second-order valence-electron chi connectivity index (χ2n) is 2.90. The maximum Gasteiger partial charge on any atom is 0.488 e. The van der Waals surface area contributed by atoms with Crippen LogP contribution in [-0.4, -0.2) is 36.7 Å². The van der Waals surface area contributed by atoms with Crippen LogP contribution in [0, 0.1) is 0 Å². The standard InChI is InChI=1S/C9H12BNO4/c1-11-9(12)6-15-8-4-2-7(3-5-8)10(13)14/h2-5,13-14H,6H2,1H3,(H,11,12). The van der Waals surface area contributed by atoms with E-state index < -0.39 is 7.12 Å². The summed E-state index contributed by atoms with van der Waals surface area (Å²) in [5, 5.41) is 20.1. The molecule has 0 aromatic heterocycles. The van der Waals surface area contributed by atoms with Crippen molar-refractivity contribution in [2.45, 2.75) is 0 Å². The van der Waals surface area contributed by atoms with Crippen LogP contribution in [0.2, 0.25) is 0 Å². The summed E-state index contributed by atoms with van der Waals surface area (Å²) in [6.07, 6.45) is 0. The van der Waals surface area contributed by atoms with E-state index in [0.29, 0.717) is 11.2 Å². The summed E-state index contributed by atoms with van der Waals surface area (Å²) >= 11 is 0. The first-order valence-electron chi connectivity index (χ1n) is 4.43. The van der Waals surface area contributed by atoms with E-state index in [1.165, 1.54) is 19.2 Å². The van der Waals surface area contributed by atoms with E-state index in [1.54, 1.807) is 12.1 Å². The van der Waals surface area contributed by atoms with Crippen molar-refractivity contribution < 1.29 is 19.6 Å². The van der Waals surface area contributed by atoms with Crippen molar-refractivity contribution in [1.29, 1.82) is 0 Å². The largest absolute Gasteiger partial charge is 0.488 e. The molecule has 1 amide bonds. The molecule has 1 aromatic rings. The fourth-order valence-electron chi connectivity index (χ4n) is 0.957. The second-order valence-corrected chi connectivity index (χ2v) is 2.90. The Balaban J connectivity index is 2.53. The molecule has 0 aliphatic rings. The van der Waals surface area contributed by atoms with Crippen LogP contribution < -0.4 is 15.5 Å². The summed E-state index contributed by atoms with van der Waals surface area (Å²) in [6.45, 7) is -0.0580. The predicted molar refractivity (Wildman–Crippen MR) is 55.8 cm³/mol. The normalized spacial score (nSPS) is 9.53. The number of carbonyl (C=O) groups is 1. The number of hydrogen-bond acceptors (Lipinski definition) is 4. The Bertz CT molecular complexity index is 325. The number of benzene rings is 1. The molecule has 0 spiro atoms. The van der Waals surface area contributed by atoms with Crippen molar-refractivity contribution in [3.05, 3.63) is 24.3 Å². The van der Waals surface area contributed by atoms with Gasteiger partial charge in [-0.1, -0.05) is 12.1 Å². The lowest BCUT2D eigenvalue weighted by Gasteiger charge is -2.05. The van der Waals surface area contributed by atoms with Crippen molar-refractivity contribution in [2.75, 3.05) is 13.7 Å². The molecule has 0 saturated carbocycles. The van der Waals surface area contributed by atoms with Crippen LogP contribution in [0.4, 0.5) is 0 Å². The van der Waals surface area contributed by atoms with E-state index in [-0.39, 0.29) is 12.5 Å². The lowest BCUT2D eigenvalue weighted by Crippen LogP contribution is -2.29. The zero-order valence-corrected chi connectivity index (χ0v) is 8.30. The number of ether oxygens (including phenoxy) is 1. The molecule has 3 N–H and O–H groups in total. The number of hydrogen-bond donors (Lipinski definition) is 3. The van der Waals surface area contributed by atoms with Gasteiger partial charge in [-0.2, -0.15) is 0 Å². The van der Waals surface area contributed by atoms with Crippen molar-refractivity contribution in [1.82, 2.24) is 5.32 Å². The number of nitrogens with one attached hydrogen (secondary N) is 1. The van der Waals surface area contributed by atoms with Crippen LogP contribution in [0.1, 0.15) is 0 Å². The molecule has 0 atom stereocenters. The van der Waals surface area contributed by atoms with E-state index in [1.807, 2.05) is 0 Å². The van der Waals surface area contributed by atoms with Crippen molar-refractivity contribution in [3.63, 3.8) is 0 Å². The lowest BCUT2D eigenvalue weighted by atomic mass is 9.80. The highest BCUT2D eigenvalue weighted by Gasteiger charge is 2.10. The molecule has 0 fully saturated rings. The van der Waals surface area contributed by atoms with Crippen LogP contribution in [0.3, 0.4) is 0 Å². The Morgan fingerprint density at radius 1 is 1.40 bits per heavy atom. The van der Waals surface area contributed by atoms with E-state index in [4.69, 9.17) is 14.8 Å². The Morgan fingerprint density at radius 3 is 2.47 bits per heavy atom. The maximum atomic E-state index is 10.8. The molecular formula is C9H12BNO4. The van der Waals surface area contributed by atoms with Gasteiger partial charge in [-0.3, -0.25) is 4.79 Å². The van der Waals surface area contributed by atoms with Gasteiger partial charge < -0.3 is 20.1 Å². The average Bonchev–Trinajstić information content (AvgIpc) is 2.26. The van der Waals surface area contributed by atoms with Gasteiger partial charge in [0, 0.05) is 7.05 Å². The predicted octanol–water partition coefficient (Wildman–Crippen LogP) is -1.51. The summed E-state index contributed by atoms with van der Waals surface area (Å²) in [6, 6.07) is 6.17. The first kappa shape index (κ1) is 11.5. The van der Waals surface area contributed by atoms with Crippen LogP contribution in [0.5, 0.6) is 5.75 Å². The molecule has 0 saturated heterocycles. The topological polar surface area (TPSA) is 78.8 Å². The van der Waals surface area contributed by atoms with Crippen molar-refractivity contribution in [2.24, 2.45) is 0 Å². The summed E-state index contributed by atoms with van der Waals surface area (Å²) in [5.41, 5.74) is 0.377. The molecule has 80 valence electrons. The van der Waals surface area contributed by atoms with E-state index >= 15 is 0 Å². The summed E-state index contributed by atoms with van der Waals surface area (Å²) in [4.78, 5) is 10.8. The number of likely N-dealkylation sites (N-methyl/N-ethyl adjacent to an activating group) is 1. The quantitative estimate of drug-likeness (QED) is 0.527. The third-order valence-corrected chi connectivity index (χ3v) is 1.83. The molecule has 0 bridgehead atoms. The molecule has 15 heavy (non-hydrogen) atoms. The highest BCUT2D eigenvalue weighted by atomic mass is 16.5. The third kappa shape index (κ3) is 3.61. The molecule has 5 nitrogen and oxygen atoms in total. The minimum atomic E-state index is -1.49. The van der Waals surface area contributed by atoms with E-state index in [2.05, 4.69) is 5.32 Å². The van der Waals surface area contributed by atoms with Gasteiger partial charge in [0.15, 0.2) is 6.61 Å². The average molecular weight is 209 g/mol. The molecule has 1 aromatic carbocycles. The van der Waals surface area contributed by atoms with Gasteiger partial charge in [-0.25, -0.2) is 0 Å². The van der Waals surface area contributed by atoms with Crippen LogP contribution in [0.25, 0.3) is 0 Å². The number of carbonyl (C=O) groups excluding carboxylic acids is 1. The molecule has 1 rings (SSSR count). The zero-order chi connectivity index (χ0) is 11.3. The zero-order valence-electron chi connectivity index (χ0n) is 8.30. The van der Waals surface area contributed by atoms with Crippen LogP contribution in [0.15, 0.2) is 24.3 Å².